The Morgan fingerprint density at radius 2 is 1.97 bits per heavy atom. The molecule has 0 radical (unpaired) electrons. The Bertz CT molecular complexity index is 645. The first-order chi connectivity index (χ1) is 13.7. The zero-order valence-corrected chi connectivity index (χ0v) is 19.2. The van der Waals surface area contributed by atoms with E-state index in [2.05, 4.69) is 46.4 Å². The smallest absolute Gasteiger partial charge is 0.127 e. The van der Waals surface area contributed by atoms with E-state index >= 15 is 0 Å². The Balaban J connectivity index is 1.71. The summed E-state index contributed by atoms with van der Waals surface area (Å²) < 4.78 is 14.1. The molecule has 0 aromatic rings. The lowest BCUT2D eigenvalue weighted by atomic mass is 9.60. The summed E-state index contributed by atoms with van der Waals surface area (Å²) >= 11 is 0. The van der Waals surface area contributed by atoms with Crippen molar-refractivity contribution in [3.63, 3.8) is 0 Å². The molecule has 6 atom stereocenters. The topological polar surface area (TPSA) is 20.2 Å². The van der Waals surface area contributed by atoms with Gasteiger partial charge in [-0.25, -0.2) is 4.39 Å². The Hall–Kier alpha value is -0.890. The Morgan fingerprint density at radius 1 is 1.21 bits per heavy atom. The molecule has 3 rings (SSSR count). The fraction of sp³-hybridized carbons (Fsp3) is 0.778. The monoisotopic (exact) mass is 402 g/mol. The van der Waals surface area contributed by atoms with Gasteiger partial charge in [0.2, 0.25) is 0 Å². The van der Waals surface area contributed by atoms with Crippen molar-refractivity contribution >= 4 is 0 Å². The van der Waals surface area contributed by atoms with Crippen LogP contribution in [0, 0.1) is 29.1 Å². The minimum atomic E-state index is -1.09. The van der Waals surface area contributed by atoms with Gasteiger partial charge >= 0.3 is 0 Å². The van der Waals surface area contributed by atoms with Gasteiger partial charge in [-0.15, -0.1) is 0 Å². The van der Waals surface area contributed by atoms with E-state index in [9.17, 15) is 9.50 Å². The maximum Gasteiger partial charge on any atom is 0.127 e. The highest BCUT2D eigenvalue weighted by atomic mass is 19.1. The summed E-state index contributed by atoms with van der Waals surface area (Å²) in [6, 6.07) is 0. The minimum absolute atomic E-state index is 0.198. The maximum absolute atomic E-state index is 14.1. The van der Waals surface area contributed by atoms with Crippen molar-refractivity contribution in [2.75, 3.05) is 0 Å². The van der Waals surface area contributed by atoms with E-state index in [1.54, 1.807) is 5.57 Å². The molecular weight excluding hydrogens is 359 g/mol. The van der Waals surface area contributed by atoms with Crippen LogP contribution in [0.1, 0.15) is 91.9 Å². The predicted octanol–water partition coefficient (Wildman–Crippen LogP) is 7.57. The normalized spacial score (nSPS) is 39.3. The van der Waals surface area contributed by atoms with Crippen LogP contribution >= 0.6 is 0 Å². The van der Waals surface area contributed by atoms with Crippen molar-refractivity contribution in [1.29, 1.82) is 0 Å². The molecule has 3 aliphatic carbocycles. The second kappa shape index (κ2) is 9.50. The first kappa shape index (κ1) is 22.8. The van der Waals surface area contributed by atoms with Crippen LogP contribution in [0.3, 0.4) is 0 Å². The van der Waals surface area contributed by atoms with Gasteiger partial charge in [0.1, 0.15) is 6.17 Å². The van der Waals surface area contributed by atoms with Crippen molar-refractivity contribution in [2.45, 2.75) is 104 Å². The summed E-state index contributed by atoms with van der Waals surface area (Å²) in [7, 11) is 0. The third-order valence-corrected chi connectivity index (χ3v) is 8.39. The minimum Gasteiger partial charge on any atom is -0.393 e. The number of fused-ring (bicyclic) bond motifs is 1. The molecule has 0 amide bonds. The van der Waals surface area contributed by atoms with Crippen LogP contribution in [0.25, 0.3) is 0 Å². The molecule has 2 unspecified atom stereocenters. The fourth-order valence-corrected chi connectivity index (χ4v) is 6.70. The van der Waals surface area contributed by atoms with Crippen LogP contribution < -0.4 is 0 Å². The highest BCUT2D eigenvalue weighted by molar-refractivity contribution is 5.38. The molecule has 29 heavy (non-hydrogen) atoms. The molecule has 0 aromatic carbocycles. The summed E-state index contributed by atoms with van der Waals surface area (Å²) in [5, 5.41) is 9.95. The zero-order chi connectivity index (χ0) is 21.2. The maximum atomic E-state index is 14.1. The van der Waals surface area contributed by atoms with Gasteiger partial charge < -0.3 is 5.11 Å². The first-order valence-corrected chi connectivity index (χ1v) is 12.1. The average molecular weight is 403 g/mol. The van der Waals surface area contributed by atoms with Crippen LogP contribution in [0.2, 0.25) is 0 Å². The second-order valence-corrected chi connectivity index (χ2v) is 10.9. The van der Waals surface area contributed by atoms with Gasteiger partial charge in [-0.1, -0.05) is 71.3 Å². The molecule has 0 heterocycles. The summed E-state index contributed by atoms with van der Waals surface area (Å²) in [6.07, 6.45) is 14.0. The van der Waals surface area contributed by atoms with Gasteiger partial charge in [0.05, 0.1) is 6.10 Å². The Labute approximate surface area is 178 Å². The lowest BCUT2D eigenvalue weighted by molar-refractivity contribution is 0.0928. The van der Waals surface area contributed by atoms with Crippen LogP contribution in [-0.4, -0.2) is 17.4 Å². The Kier molecular flexibility index (Phi) is 7.46. The van der Waals surface area contributed by atoms with Crippen molar-refractivity contribution in [3.8, 4) is 0 Å². The van der Waals surface area contributed by atoms with Crippen molar-refractivity contribution in [1.82, 2.24) is 0 Å². The van der Waals surface area contributed by atoms with Gasteiger partial charge in [0.25, 0.3) is 0 Å². The number of hydrogen-bond acceptors (Lipinski definition) is 1. The lowest BCUT2D eigenvalue weighted by Gasteiger charge is -2.44. The number of aliphatic hydroxyl groups is 1. The number of allylic oxidation sites excluding steroid dienone is 4. The number of aliphatic hydroxyl groups excluding tert-OH is 1. The Morgan fingerprint density at radius 3 is 2.69 bits per heavy atom. The molecule has 0 aliphatic heterocycles. The van der Waals surface area contributed by atoms with Crippen LogP contribution in [0.15, 0.2) is 35.5 Å². The van der Waals surface area contributed by atoms with Crippen molar-refractivity contribution in [2.24, 2.45) is 29.1 Å². The molecule has 3 fully saturated rings. The van der Waals surface area contributed by atoms with Gasteiger partial charge in [-0.3, -0.25) is 0 Å². The first-order valence-electron chi connectivity index (χ1n) is 12.1. The fourth-order valence-electron chi connectivity index (χ4n) is 6.70. The molecule has 0 bridgehead atoms. The van der Waals surface area contributed by atoms with Gasteiger partial charge in [0.15, 0.2) is 0 Å². The molecule has 0 spiro atoms. The van der Waals surface area contributed by atoms with E-state index in [0.29, 0.717) is 23.3 Å². The summed E-state index contributed by atoms with van der Waals surface area (Å²) in [4.78, 5) is 0. The van der Waals surface area contributed by atoms with E-state index in [0.717, 1.165) is 23.3 Å². The zero-order valence-electron chi connectivity index (χ0n) is 19.2. The molecule has 2 heteroatoms. The quantitative estimate of drug-likeness (QED) is 0.486. The molecular formula is C27H43FO. The van der Waals surface area contributed by atoms with Crippen molar-refractivity contribution < 1.29 is 9.50 Å². The summed E-state index contributed by atoms with van der Waals surface area (Å²) in [5.41, 5.74) is 3.47. The van der Waals surface area contributed by atoms with Crippen LogP contribution in [0.4, 0.5) is 4.39 Å². The molecule has 0 saturated heterocycles. The molecule has 3 aliphatic rings. The van der Waals surface area contributed by atoms with Gasteiger partial charge in [0, 0.05) is 6.42 Å². The number of alkyl halides is 1. The van der Waals surface area contributed by atoms with Crippen molar-refractivity contribution in [3.05, 3.63) is 35.5 Å². The highest BCUT2D eigenvalue weighted by Crippen LogP contribution is 2.60. The highest BCUT2D eigenvalue weighted by Gasteiger charge is 2.50. The molecule has 1 N–H and O–H groups in total. The average Bonchev–Trinajstić information content (AvgIpc) is 3.00. The molecule has 1 nitrogen and oxygen atoms in total. The number of halogens is 1. The van der Waals surface area contributed by atoms with E-state index in [4.69, 9.17) is 0 Å². The SMILES string of the molecule is C=C1/C(=C\C=C2CCC[C@@]3(C)C2CC[C@@H]3[C@H](C)CCCC(C)C)C[C@@H](O)CC1F. The van der Waals surface area contributed by atoms with Crippen LogP contribution in [0.5, 0.6) is 0 Å². The third kappa shape index (κ3) is 5.06. The molecule has 0 aromatic heterocycles. The summed E-state index contributed by atoms with van der Waals surface area (Å²) in [5.74, 6) is 3.12. The number of rotatable bonds is 6. The van der Waals surface area contributed by atoms with E-state index in [-0.39, 0.29) is 6.42 Å². The van der Waals surface area contributed by atoms with Crippen LogP contribution in [-0.2, 0) is 0 Å². The van der Waals surface area contributed by atoms with Gasteiger partial charge in [-0.2, -0.15) is 0 Å². The second-order valence-electron chi connectivity index (χ2n) is 10.9. The number of hydrogen-bond donors (Lipinski definition) is 1. The molecule has 3 saturated carbocycles. The lowest BCUT2D eigenvalue weighted by Crippen LogP contribution is -2.36. The van der Waals surface area contributed by atoms with E-state index < -0.39 is 12.3 Å². The predicted molar refractivity (Wildman–Crippen MR) is 121 cm³/mol. The molecule has 164 valence electrons. The largest absolute Gasteiger partial charge is 0.393 e. The third-order valence-electron chi connectivity index (χ3n) is 8.39. The summed E-state index contributed by atoms with van der Waals surface area (Å²) in [6.45, 7) is 13.6. The van der Waals surface area contributed by atoms with E-state index in [1.807, 2.05) is 0 Å². The standard InChI is InChI=1S/C27H43FO/c1-18(2)8-6-9-19(3)24-13-14-25-21(10-7-15-27(24,25)5)11-12-22-16-23(29)17-26(28)20(22)4/h11-12,18-19,23-26,29H,4,6-10,13-17H2,1-3,5H3/b21-11?,22-12-/t19-,23-,24-,25?,26?,27-/m1/s1. The van der Waals surface area contributed by atoms with Gasteiger partial charge in [-0.05, 0) is 78.8 Å². The van der Waals surface area contributed by atoms with E-state index in [1.165, 1.54) is 51.4 Å².